The van der Waals surface area contributed by atoms with E-state index in [1.807, 2.05) is 18.2 Å². The average molecular weight is 496 g/mol. The van der Waals surface area contributed by atoms with Crippen molar-refractivity contribution in [2.75, 3.05) is 17.7 Å². The zero-order valence-electron chi connectivity index (χ0n) is 17.9. The number of anilines is 1. The van der Waals surface area contributed by atoms with Crippen LogP contribution in [0.5, 0.6) is 0 Å². The van der Waals surface area contributed by atoms with Gasteiger partial charge in [0.05, 0.1) is 23.3 Å². The van der Waals surface area contributed by atoms with E-state index in [4.69, 9.17) is 4.74 Å². The van der Waals surface area contributed by atoms with E-state index in [-0.39, 0.29) is 17.6 Å². The van der Waals surface area contributed by atoms with Gasteiger partial charge in [-0.1, -0.05) is 42.1 Å². The van der Waals surface area contributed by atoms with Gasteiger partial charge in [-0.2, -0.15) is 0 Å². The quantitative estimate of drug-likeness (QED) is 0.198. The Balaban J connectivity index is 1.36. The summed E-state index contributed by atoms with van der Waals surface area (Å²) in [5.74, 6) is -0.349. The van der Waals surface area contributed by atoms with Crippen LogP contribution in [-0.4, -0.2) is 34.2 Å². The molecule has 6 nitrogen and oxygen atoms in total. The highest BCUT2D eigenvalue weighted by Crippen LogP contribution is 2.40. The Kier molecular flexibility index (Phi) is 6.43. The number of benzene rings is 1. The third-order valence-electron chi connectivity index (χ3n) is 5.41. The molecule has 0 radical (unpaired) electrons. The fraction of sp³-hybridized carbons (Fsp3) is 0.250. The van der Waals surface area contributed by atoms with Crippen LogP contribution in [0.25, 0.3) is 21.3 Å². The summed E-state index contributed by atoms with van der Waals surface area (Å²) in [4.78, 5) is 36.3. The van der Waals surface area contributed by atoms with Gasteiger partial charge in [0.1, 0.15) is 21.2 Å². The smallest absolute Gasteiger partial charge is 0.341 e. The van der Waals surface area contributed by atoms with Crippen molar-refractivity contribution >= 4 is 61.5 Å². The Morgan fingerprint density at radius 1 is 1.18 bits per heavy atom. The lowest BCUT2D eigenvalue weighted by Gasteiger charge is -2.08. The lowest BCUT2D eigenvalue weighted by molar-refractivity contribution is -0.113. The molecule has 0 bridgehead atoms. The molecule has 0 aliphatic heterocycles. The molecule has 3 heterocycles. The molecule has 168 valence electrons. The van der Waals surface area contributed by atoms with Crippen molar-refractivity contribution in [1.29, 1.82) is 0 Å². The Hall–Kier alpha value is -2.75. The van der Waals surface area contributed by atoms with Crippen molar-refractivity contribution in [2.45, 2.75) is 31.2 Å². The maximum Gasteiger partial charge on any atom is 0.341 e. The van der Waals surface area contributed by atoms with E-state index >= 15 is 0 Å². The van der Waals surface area contributed by atoms with Crippen LogP contribution in [-0.2, 0) is 22.4 Å². The van der Waals surface area contributed by atoms with Crippen molar-refractivity contribution in [3.63, 3.8) is 0 Å². The Morgan fingerprint density at radius 2 is 2.03 bits per heavy atom. The average Bonchev–Trinajstić information content (AvgIpc) is 3.53. The number of esters is 1. The summed E-state index contributed by atoms with van der Waals surface area (Å²) in [6.45, 7) is 2.09. The maximum atomic E-state index is 12.9. The zero-order chi connectivity index (χ0) is 22.8. The number of hydrogen-bond acceptors (Lipinski definition) is 8. The van der Waals surface area contributed by atoms with Gasteiger partial charge in [0.15, 0.2) is 0 Å². The minimum Gasteiger partial charge on any atom is -0.462 e. The number of ether oxygens (including phenoxy) is 1. The van der Waals surface area contributed by atoms with Crippen molar-refractivity contribution in [2.24, 2.45) is 0 Å². The van der Waals surface area contributed by atoms with E-state index in [1.165, 1.54) is 34.3 Å². The summed E-state index contributed by atoms with van der Waals surface area (Å²) >= 11 is 4.44. The standard InChI is InChI=1S/C24H21N3O3S3/c1-2-30-24(29)20-15-9-6-10-17(15)33-23(20)27-18(28)12-32-22-19-16(14-7-4-3-5-8-14)11-31-21(19)25-13-26-22/h3-5,7-8,11,13H,2,6,9-10,12H2,1H3,(H,27,28). The highest BCUT2D eigenvalue weighted by molar-refractivity contribution is 8.00. The van der Waals surface area contributed by atoms with Gasteiger partial charge in [0, 0.05) is 15.8 Å². The number of carbonyl (C=O) groups is 2. The number of aromatic nitrogens is 2. The number of fused-ring (bicyclic) bond motifs is 2. The highest BCUT2D eigenvalue weighted by atomic mass is 32.2. The second kappa shape index (κ2) is 9.62. The molecule has 0 atom stereocenters. The SMILES string of the molecule is CCOC(=O)c1c(NC(=O)CSc2ncnc3scc(-c4ccccc4)c23)sc2c1CCC2. The number of carbonyl (C=O) groups excluding carboxylic acids is 2. The predicted molar refractivity (Wildman–Crippen MR) is 135 cm³/mol. The number of nitrogens with zero attached hydrogens (tertiary/aromatic N) is 2. The Morgan fingerprint density at radius 3 is 2.85 bits per heavy atom. The first-order valence-electron chi connectivity index (χ1n) is 10.7. The van der Waals surface area contributed by atoms with Crippen LogP contribution >= 0.6 is 34.4 Å². The van der Waals surface area contributed by atoms with E-state index in [0.717, 1.165) is 51.2 Å². The second-order valence-corrected chi connectivity index (χ2v) is 10.4. The third kappa shape index (κ3) is 4.40. The molecule has 0 spiro atoms. The number of nitrogens with one attached hydrogen (secondary N) is 1. The number of rotatable bonds is 7. The van der Waals surface area contributed by atoms with Gasteiger partial charge in [-0.05, 0) is 37.3 Å². The summed E-state index contributed by atoms with van der Waals surface area (Å²) < 4.78 is 5.25. The predicted octanol–water partition coefficient (Wildman–Crippen LogP) is 5.82. The first-order valence-corrected chi connectivity index (χ1v) is 13.4. The molecule has 0 saturated heterocycles. The van der Waals surface area contributed by atoms with Crippen LogP contribution in [0.15, 0.2) is 47.1 Å². The van der Waals surface area contributed by atoms with Gasteiger partial charge in [-0.3, -0.25) is 4.79 Å². The number of amides is 1. The Labute approximate surface area is 203 Å². The molecule has 1 aromatic carbocycles. The normalized spacial score (nSPS) is 12.6. The molecule has 0 saturated carbocycles. The molecular weight excluding hydrogens is 474 g/mol. The van der Waals surface area contributed by atoms with Gasteiger partial charge in [-0.25, -0.2) is 14.8 Å². The molecule has 1 N–H and O–H groups in total. The Bertz CT molecular complexity index is 1330. The van der Waals surface area contributed by atoms with Crippen LogP contribution in [0.4, 0.5) is 5.00 Å². The summed E-state index contributed by atoms with van der Waals surface area (Å²) in [6.07, 6.45) is 4.36. The van der Waals surface area contributed by atoms with Gasteiger partial charge in [0.2, 0.25) is 5.91 Å². The first-order chi connectivity index (χ1) is 16.2. The fourth-order valence-electron chi connectivity index (χ4n) is 4.00. The van der Waals surface area contributed by atoms with E-state index in [0.29, 0.717) is 17.2 Å². The van der Waals surface area contributed by atoms with E-state index < -0.39 is 0 Å². The second-order valence-electron chi connectivity index (χ2n) is 7.49. The molecular formula is C24H21N3O3S3. The van der Waals surface area contributed by atoms with Crippen LogP contribution in [0.3, 0.4) is 0 Å². The highest BCUT2D eigenvalue weighted by Gasteiger charge is 2.28. The van der Waals surface area contributed by atoms with Crippen LogP contribution in [0, 0.1) is 0 Å². The maximum absolute atomic E-state index is 12.9. The largest absolute Gasteiger partial charge is 0.462 e. The number of aryl methyl sites for hydroxylation is 1. The number of hydrogen-bond donors (Lipinski definition) is 1. The summed E-state index contributed by atoms with van der Waals surface area (Å²) in [5, 5.41) is 7.37. The lowest BCUT2D eigenvalue weighted by Crippen LogP contribution is -2.16. The van der Waals surface area contributed by atoms with Crippen LogP contribution < -0.4 is 5.32 Å². The molecule has 1 aliphatic rings. The first kappa shape index (κ1) is 22.1. The van der Waals surface area contributed by atoms with Crippen molar-refractivity contribution in [3.8, 4) is 11.1 Å². The molecule has 1 amide bonds. The number of thioether (sulfide) groups is 1. The van der Waals surface area contributed by atoms with E-state index in [9.17, 15) is 9.59 Å². The number of thiophene rings is 2. The topological polar surface area (TPSA) is 81.2 Å². The van der Waals surface area contributed by atoms with Crippen LogP contribution in [0.2, 0.25) is 0 Å². The summed E-state index contributed by atoms with van der Waals surface area (Å²) in [6, 6.07) is 10.1. The molecule has 1 aliphatic carbocycles. The molecule has 9 heteroatoms. The van der Waals surface area contributed by atoms with E-state index in [1.54, 1.807) is 18.3 Å². The van der Waals surface area contributed by atoms with Gasteiger partial charge in [0.25, 0.3) is 0 Å². The molecule has 5 rings (SSSR count). The summed E-state index contributed by atoms with van der Waals surface area (Å²) in [5.41, 5.74) is 3.72. The van der Waals surface area contributed by atoms with Crippen molar-refractivity contribution in [3.05, 3.63) is 58.0 Å². The van der Waals surface area contributed by atoms with Gasteiger partial charge < -0.3 is 10.1 Å². The summed E-state index contributed by atoms with van der Waals surface area (Å²) in [7, 11) is 0. The van der Waals surface area contributed by atoms with Gasteiger partial charge in [-0.15, -0.1) is 22.7 Å². The lowest BCUT2D eigenvalue weighted by atomic mass is 10.1. The minimum atomic E-state index is -0.358. The monoisotopic (exact) mass is 495 g/mol. The van der Waals surface area contributed by atoms with Crippen molar-refractivity contribution in [1.82, 2.24) is 9.97 Å². The molecule has 0 fully saturated rings. The third-order valence-corrected chi connectivity index (χ3v) is 8.50. The fourth-order valence-corrected chi connectivity index (χ4v) is 7.08. The molecule has 3 aromatic heterocycles. The zero-order valence-corrected chi connectivity index (χ0v) is 20.4. The van der Waals surface area contributed by atoms with Crippen LogP contribution in [0.1, 0.15) is 34.1 Å². The van der Waals surface area contributed by atoms with Gasteiger partial charge >= 0.3 is 5.97 Å². The molecule has 0 unspecified atom stereocenters. The molecule has 33 heavy (non-hydrogen) atoms. The van der Waals surface area contributed by atoms with Crippen molar-refractivity contribution < 1.29 is 14.3 Å². The van der Waals surface area contributed by atoms with E-state index in [2.05, 4.69) is 32.8 Å². The molecule has 4 aromatic rings. The minimum absolute atomic E-state index is 0.172.